The zero-order valence-corrected chi connectivity index (χ0v) is 20.4. The van der Waals surface area contributed by atoms with Crippen molar-refractivity contribution < 1.29 is 45.8 Å². The number of nitrogens with zero attached hydrogens (tertiary/aromatic N) is 3. The Labute approximate surface area is 221 Å². The highest BCUT2D eigenvalue weighted by Crippen LogP contribution is 2.37. The van der Waals surface area contributed by atoms with Crippen molar-refractivity contribution in [2.45, 2.75) is 6.18 Å². The summed E-state index contributed by atoms with van der Waals surface area (Å²) in [6, 6.07) is 7.74. The molecule has 1 heterocycles. The molecule has 1 aromatic heterocycles. The molecule has 1 amide bonds. The van der Waals surface area contributed by atoms with Crippen molar-refractivity contribution in [3.05, 3.63) is 77.1 Å². The molecule has 0 aliphatic heterocycles. The Balaban J connectivity index is 1.60. The Morgan fingerprint density at radius 1 is 0.950 bits per heavy atom. The Bertz CT molecular complexity index is 1680. The van der Waals surface area contributed by atoms with E-state index in [1.54, 1.807) is 0 Å². The first-order valence-corrected chi connectivity index (χ1v) is 11.0. The van der Waals surface area contributed by atoms with Crippen molar-refractivity contribution >= 4 is 28.3 Å². The SMILES string of the molecule is COc1cc2ncnc(Oc3cc(F)c(C(=O)C(=O)Nc4ccc(C#N)c(C(F)(F)F)c4)c(F)c3)c2cc1OC. The van der Waals surface area contributed by atoms with Crippen LogP contribution >= 0.6 is 0 Å². The summed E-state index contributed by atoms with van der Waals surface area (Å²) in [5, 5.41) is 11.0. The number of nitrogens with one attached hydrogen (secondary N) is 1. The molecule has 0 saturated carbocycles. The number of aromatic nitrogens is 2. The van der Waals surface area contributed by atoms with Crippen LogP contribution in [-0.2, 0) is 11.0 Å². The summed E-state index contributed by atoms with van der Waals surface area (Å²) in [7, 11) is 2.81. The molecule has 4 rings (SSSR count). The van der Waals surface area contributed by atoms with E-state index >= 15 is 0 Å². The molecule has 0 bridgehead atoms. The molecule has 9 nitrogen and oxygen atoms in total. The highest BCUT2D eigenvalue weighted by molar-refractivity contribution is 6.46. The standard InChI is InChI=1S/C26H15F5N4O5/c1-38-20-8-15-19(9-21(20)39-2)33-11-34-25(15)40-14-6-17(27)22(18(28)7-14)23(36)24(37)35-13-4-3-12(10-32)16(5-13)26(29,30)31/h3-9,11H,1-2H3,(H,35,37). The normalized spacial score (nSPS) is 11.1. The van der Waals surface area contributed by atoms with Gasteiger partial charge in [-0.1, -0.05) is 0 Å². The number of carbonyl (C=O) groups excluding carboxylic acids is 2. The van der Waals surface area contributed by atoms with Crippen LogP contribution in [-0.4, -0.2) is 35.9 Å². The minimum atomic E-state index is -4.93. The van der Waals surface area contributed by atoms with Gasteiger partial charge in [0, 0.05) is 23.9 Å². The van der Waals surface area contributed by atoms with Crippen LogP contribution in [0, 0.1) is 23.0 Å². The molecule has 3 aromatic carbocycles. The van der Waals surface area contributed by atoms with Crippen LogP contribution in [0.2, 0.25) is 0 Å². The number of hydrogen-bond donors (Lipinski definition) is 1. The van der Waals surface area contributed by atoms with E-state index in [2.05, 4.69) is 9.97 Å². The molecular formula is C26H15F5N4O5. The first-order valence-electron chi connectivity index (χ1n) is 11.0. The molecule has 0 unspecified atom stereocenters. The third kappa shape index (κ3) is 5.44. The fourth-order valence-corrected chi connectivity index (χ4v) is 3.63. The van der Waals surface area contributed by atoms with E-state index in [1.165, 1.54) is 32.4 Å². The Morgan fingerprint density at radius 2 is 1.60 bits per heavy atom. The first-order chi connectivity index (χ1) is 19.0. The Hall–Kier alpha value is -5.32. The number of halogens is 5. The second-order valence-electron chi connectivity index (χ2n) is 7.92. The maximum atomic E-state index is 14.8. The summed E-state index contributed by atoms with van der Waals surface area (Å²) in [5.41, 5.74) is -3.53. The van der Waals surface area contributed by atoms with Crippen LogP contribution in [0.15, 0.2) is 48.8 Å². The molecule has 0 atom stereocenters. The third-order valence-corrected chi connectivity index (χ3v) is 5.47. The topological polar surface area (TPSA) is 123 Å². The first kappa shape index (κ1) is 27.7. The van der Waals surface area contributed by atoms with Crippen molar-refractivity contribution in [2.75, 3.05) is 19.5 Å². The molecular weight excluding hydrogens is 543 g/mol. The third-order valence-electron chi connectivity index (χ3n) is 5.47. The van der Waals surface area contributed by atoms with Gasteiger partial charge < -0.3 is 19.5 Å². The Kier molecular flexibility index (Phi) is 7.49. The number of hydrogen-bond acceptors (Lipinski definition) is 8. The van der Waals surface area contributed by atoms with Gasteiger partial charge in [-0.05, 0) is 24.3 Å². The van der Waals surface area contributed by atoms with Crippen LogP contribution in [0.3, 0.4) is 0 Å². The van der Waals surface area contributed by atoms with Gasteiger partial charge in [0.05, 0.1) is 47.9 Å². The van der Waals surface area contributed by atoms with Gasteiger partial charge in [-0.25, -0.2) is 18.7 Å². The van der Waals surface area contributed by atoms with Gasteiger partial charge in [-0.2, -0.15) is 18.4 Å². The van der Waals surface area contributed by atoms with Crippen LogP contribution in [0.25, 0.3) is 10.9 Å². The molecule has 0 fully saturated rings. The van der Waals surface area contributed by atoms with E-state index in [4.69, 9.17) is 19.5 Å². The van der Waals surface area contributed by atoms with Gasteiger partial charge in [0.15, 0.2) is 11.5 Å². The largest absolute Gasteiger partial charge is 0.493 e. The summed E-state index contributed by atoms with van der Waals surface area (Å²) in [6.07, 6.45) is -3.80. The van der Waals surface area contributed by atoms with Gasteiger partial charge in [-0.15, -0.1) is 0 Å². The van der Waals surface area contributed by atoms with E-state index in [1.807, 2.05) is 5.32 Å². The number of methoxy groups -OCH3 is 2. The number of ketones is 1. The maximum Gasteiger partial charge on any atom is 0.417 e. The predicted molar refractivity (Wildman–Crippen MR) is 128 cm³/mol. The second kappa shape index (κ2) is 10.8. The van der Waals surface area contributed by atoms with Gasteiger partial charge in [-0.3, -0.25) is 9.59 Å². The highest BCUT2D eigenvalue weighted by atomic mass is 19.4. The van der Waals surface area contributed by atoms with E-state index in [0.29, 0.717) is 40.6 Å². The average molecular weight is 558 g/mol. The van der Waals surface area contributed by atoms with Crippen molar-refractivity contribution in [3.8, 4) is 29.2 Å². The van der Waals surface area contributed by atoms with E-state index in [0.717, 1.165) is 18.5 Å². The lowest BCUT2D eigenvalue weighted by molar-refractivity contribution is -0.137. The molecule has 14 heteroatoms. The summed E-state index contributed by atoms with van der Waals surface area (Å²) < 4.78 is 85.1. The molecule has 0 saturated heterocycles. The molecule has 1 N–H and O–H groups in total. The maximum absolute atomic E-state index is 14.8. The molecule has 0 aliphatic rings. The van der Waals surface area contributed by atoms with Crippen molar-refractivity contribution in [1.82, 2.24) is 9.97 Å². The van der Waals surface area contributed by atoms with Crippen molar-refractivity contribution in [2.24, 2.45) is 0 Å². The number of nitriles is 1. The van der Waals surface area contributed by atoms with E-state index < -0.39 is 57.6 Å². The number of carbonyl (C=O) groups is 2. The van der Waals surface area contributed by atoms with Crippen molar-refractivity contribution in [3.63, 3.8) is 0 Å². The average Bonchev–Trinajstić information content (AvgIpc) is 2.91. The lowest BCUT2D eigenvalue weighted by atomic mass is 10.1. The van der Waals surface area contributed by atoms with Crippen LogP contribution < -0.4 is 19.5 Å². The quantitative estimate of drug-likeness (QED) is 0.181. The number of fused-ring (bicyclic) bond motifs is 1. The number of ether oxygens (including phenoxy) is 3. The lowest BCUT2D eigenvalue weighted by Gasteiger charge is -2.13. The van der Waals surface area contributed by atoms with Crippen molar-refractivity contribution in [1.29, 1.82) is 5.26 Å². The molecule has 0 radical (unpaired) electrons. The lowest BCUT2D eigenvalue weighted by Crippen LogP contribution is -2.25. The fourth-order valence-electron chi connectivity index (χ4n) is 3.63. The monoisotopic (exact) mass is 558 g/mol. The minimum Gasteiger partial charge on any atom is -0.493 e. The van der Waals surface area contributed by atoms with Crippen LogP contribution in [0.1, 0.15) is 21.5 Å². The smallest absolute Gasteiger partial charge is 0.417 e. The molecule has 0 aliphatic carbocycles. The van der Waals surface area contributed by atoms with Gasteiger partial charge in [0.25, 0.3) is 11.7 Å². The number of amides is 1. The van der Waals surface area contributed by atoms with Gasteiger partial charge in [0.1, 0.15) is 23.7 Å². The predicted octanol–water partition coefficient (Wildman–Crippen LogP) is 5.43. The van der Waals surface area contributed by atoms with Gasteiger partial charge in [0.2, 0.25) is 5.88 Å². The molecule has 0 spiro atoms. The molecule has 4 aromatic rings. The number of benzene rings is 3. The number of anilines is 1. The zero-order valence-electron chi connectivity index (χ0n) is 20.4. The summed E-state index contributed by atoms with van der Waals surface area (Å²) in [4.78, 5) is 32.9. The molecule has 204 valence electrons. The zero-order chi connectivity index (χ0) is 29.2. The number of rotatable bonds is 7. The number of alkyl halides is 3. The summed E-state index contributed by atoms with van der Waals surface area (Å²) in [5.74, 6) is -6.19. The molecule has 40 heavy (non-hydrogen) atoms. The summed E-state index contributed by atoms with van der Waals surface area (Å²) in [6.45, 7) is 0. The minimum absolute atomic E-state index is 0.122. The highest BCUT2D eigenvalue weighted by Gasteiger charge is 2.34. The van der Waals surface area contributed by atoms with Crippen LogP contribution in [0.5, 0.6) is 23.1 Å². The van der Waals surface area contributed by atoms with E-state index in [-0.39, 0.29) is 5.88 Å². The number of Topliss-reactive ketones (excluding diaryl/α,β-unsaturated/α-hetero) is 1. The Morgan fingerprint density at radius 3 is 2.20 bits per heavy atom. The van der Waals surface area contributed by atoms with Crippen LogP contribution in [0.4, 0.5) is 27.6 Å². The second-order valence-corrected chi connectivity index (χ2v) is 7.92. The van der Waals surface area contributed by atoms with E-state index in [9.17, 15) is 31.5 Å². The van der Waals surface area contributed by atoms with Gasteiger partial charge >= 0.3 is 6.18 Å². The fraction of sp³-hybridized carbons (Fsp3) is 0.115. The summed E-state index contributed by atoms with van der Waals surface area (Å²) >= 11 is 0.